The molecule has 2 N–H and O–H groups in total. The fourth-order valence-electron chi connectivity index (χ4n) is 0.965. The van der Waals surface area contributed by atoms with Crippen molar-refractivity contribution in [2.24, 2.45) is 0 Å². The van der Waals surface area contributed by atoms with Gasteiger partial charge in [-0.15, -0.1) is 11.8 Å². The maximum Gasteiger partial charge on any atom is 0.345 e. The number of hydrogen-bond donors (Lipinski definition) is 2. The van der Waals surface area contributed by atoms with Gasteiger partial charge in [0.1, 0.15) is 0 Å². The first-order valence-corrected chi connectivity index (χ1v) is 5.26. The number of hydroxylamine groups is 1. The number of anilines is 1. The standard InChI is InChI=1S/C9H12N2O2S/c1-10-9(12)11(13)7-4-3-5-8(6-7)14-2/h3-6,13H,1-2H3,(H,10,12). The molecule has 0 aliphatic heterocycles. The molecule has 0 saturated heterocycles. The summed E-state index contributed by atoms with van der Waals surface area (Å²) in [5.41, 5.74) is 0.455. The smallest absolute Gasteiger partial charge is 0.339 e. The lowest BCUT2D eigenvalue weighted by Gasteiger charge is -2.14. The van der Waals surface area contributed by atoms with Gasteiger partial charge in [-0.1, -0.05) is 6.07 Å². The van der Waals surface area contributed by atoms with Crippen LogP contribution in [0.1, 0.15) is 0 Å². The first kappa shape index (κ1) is 10.9. The summed E-state index contributed by atoms with van der Waals surface area (Å²) in [5.74, 6) is 0. The molecule has 14 heavy (non-hydrogen) atoms. The zero-order chi connectivity index (χ0) is 10.6. The summed E-state index contributed by atoms with van der Waals surface area (Å²) in [6.07, 6.45) is 1.93. The largest absolute Gasteiger partial charge is 0.345 e. The Kier molecular flexibility index (Phi) is 3.79. The number of amides is 2. The summed E-state index contributed by atoms with van der Waals surface area (Å²) < 4.78 is 0. The Balaban J connectivity index is 2.89. The molecule has 0 radical (unpaired) electrons. The molecule has 1 aromatic carbocycles. The number of carbonyl (C=O) groups is 1. The van der Waals surface area contributed by atoms with E-state index in [-0.39, 0.29) is 0 Å². The molecule has 4 nitrogen and oxygen atoms in total. The van der Waals surface area contributed by atoms with E-state index in [0.717, 1.165) is 4.90 Å². The van der Waals surface area contributed by atoms with Gasteiger partial charge in [0.05, 0.1) is 5.69 Å². The van der Waals surface area contributed by atoms with Gasteiger partial charge >= 0.3 is 6.03 Å². The second-order valence-electron chi connectivity index (χ2n) is 2.57. The lowest BCUT2D eigenvalue weighted by molar-refractivity contribution is 0.206. The molecule has 5 heteroatoms. The van der Waals surface area contributed by atoms with Crippen LogP contribution in [0.5, 0.6) is 0 Å². The van der Waals surface area contributed by atoms with Crippen molar-refractivity contribution in [3.8, 4) is 0 Å². The van der Waals surface area contributed by atoms with Crippen molar-refractivity contribution in [1.82, 2.24) is 5.32 Å². The van der Waals surface area contributed by atoms with E-state index in [1.54, 1.807) is 30.0 Å². The van der Waals surface area contributed by atoms with E-state index in [1.807, 2.05) is 12.3 Å². The van der Waals surface area contributed by atoms with Gasteiger partial charge in [-0.3, -0.25) is 5.21 Å². The van der Waals surface area contributed by atoms with E-state index >= 15 is 0 Å². The molecule has 2 amide bonds. The van der Waals surface area contributed by atoms with Crippen LogP contribution in [0.15, 0.2) is 29.2 Å². The number of nitrogens with one attached hydrogen (secondary N) is 1. The molecule has 0 atom stereocenters. The number of carbonyl (C=O) groups excluding carboxylic acids is 1. The minimum atomic E-state index is -0.553. The number of thioether (sulfide) groups is 1. The highest BCUT2D eigenvalue weighted by Gasteiger charge is 2.10. The van der Waals surface area contributed by atoms with Crippen LogP contribution in [-0.2, 0) is 0 Å². The highest BCUT2D eigenvalue weighted by atomic mass is 32.2. The number of nitrogens with zero attached hydrogens (tertiary/aromatic N) is 1. The topological polar surface area (TPSA) is 52.6 Å². The SMILES string of the molecule is CNC(=O)N(O)c1cccc(SC)c1. The fourth-order valence-corrected chi connectivity index (χ4v) is 1.42. The van der Waals surface area contributed by atoms with Gasteiger partial charge < -0.3 is 5.32 Å². The zero-order valence-corrected chi connectivity index (χ0v) is 8.84. The molecule has 0 saturated carbocycles. The summed E-state index contributed by atoms with van der Waals surface area (Å²) in [6, 6.07) is 6.54. The van der Waals surface area contributed by atoms with E-state index in [4.69, 9.17) is 0 Å². The molecule has 0 spiro atoms. The number of benzene rings is 1. The van der Waals surface area contributed by atoms with Crippen LogP contribution in [0.3, 0.4) is 0 Å². The molecule has 0 aromatic heterocycles. The Morgan fingerprint density at radius 3 is 2.86 bits per heavy atom. The van der Waals surface area contributed by atoms with Crippen molar-refractivity contribution in [2.45, 2.75) is 4.90 Å². The van der Waals surface area contributed by atoms with Crippen molar-refractivity contribution >= 4 is 23.5 Å². The summed E-state index contributed by atoms with van der Waals surface area (Å²) in [5, 5.41) is 12.3. The third-order valence-electron chi connectivity index (χ3n) is 1.70. The summed E-state index contributed by atoms with van der Waals surface area (Å²) >= 11 is 1.55. The molecule has 0 bridgehead atoms. The molecule has 1 rings (SSSR count). The average molecular weight is 212 g/mol. The predicted molar refractivity (Wildman–Crippen MR) is 56.9 cm³/mol. The lowest BCUT2D eigenvalue weighted by Crippen LogP contribution is -2.35. The average Bonchev–Trinajstić information content (AvgIpc) is 2.27. The molecule has 0 heterocycles. The summed E-state index contributed by atoms with van der Waals surface area (Å²) in [4.78, 5) is 12.1. The Morgan fingerprint density at radius 2 is 2.29 bits per heavy atom. The normalized spacial score (nSPS) is 9.64. The third kappa shape index (κ3) is 2.40. The van der Waals surface area contributed by atoms with Crippen LogP contribution in [0.4, 0.5) is 10.5 Å². The molecule has 76 valence electrons. The second kappa shape index (κ2) is 4.88. The molecule has 1 aromatic rings. The number of rotatable bonds is 2. The van der Waals surface area contributed by atoms with Crippen molar-refractivity contribution in [1.29, 1.82) is 0 Å². The minimum Gasteiger partial charge on any atom is -0.339 e. The minimum absolute atomic E-state index is 0.455. The van der Waals surface area contributed by atoms with Gasteiger partial charge in [-0.05, 0) is 24.5 Å². The highest BCUT2D eigenvalue weighted by molar-refractivity contribution is 7.98. The molecular weight excluding hydrogens is 200 g/mol. The maximum absolute atomic E-state index is 11.1. The Hall–Kier alpha value is -1.20. The Labute approximate surface area is 86.9 Å². The van der Waals surface area contributed by atoms with Crippen LogP contribution < -0.4 is 10.4 Å². The molecular formula is C9H12N2O2S. The van der Waals surface area contributed by atoms with Gasteiger partial charge in [0.25, 0.3) is 0 Å². The van der Waals surface area contributed by atoms with Gasteiger partial charge in [0, 0.05) is 11.9 Å². The van der Waals surface area contributed by atoms with Crippen LogP contribution >= 0.6 is 11.8 Å². The summed E-state index contributed by atoms with van der Waals surface area (Å²) in [6.45, 7) is 0. The molecule has 0 aliphatic carbocycles. The summed E-state index contributed by atoms with van der Waals surface area (Å²) in [7, 11) is 1.46. The van der Waals surface area contributed by atoms with Gasteiger partial charge in [0.15, 0.2) is 0 Å². The van der Waals surface area contributed by atoms with Crippen LogP contribution in [0.2, 0.25) is 0 Å². The molecule has 0 aliphatic rings. The van der Waals surface area contributed by atoms with E-state index in [0.29, 0.717) is 10.8 Å². The van der Waals surface area contributed by atoms with Gasteiger partial charge in [0.2, 0.25) is 0 Å². The zero-order valence-electron chi connectivity index (χ0n) is 8.02. The van der Waals surface area contributed by atoms with Crippen LogP contribution in [0.25, 0.3) is 0 Å². The lowest BCUT2D eigenvalue weighted by atomic mass is 10.3. The first-order valence-electron chi connectivity index (χ1n) is 4.04. The Morgan fingerprint density at radius 1 is 1.57 bits per heavy atom. The van der Waals surface area contributed by atoms with Crippen LogP contribution in [-0.4, -0.2) is 24.5 Å². The van der Waals surface area contributed by atoms with Crippen molar-refractivity contribution < 1.29 is 10.0 Å². The van der Waals surface area contributed by atoms with Gasteiger partial charge in [-0.25, -0.2) is 4.79 Å². The molecule has 0 unspecified atom stereocenters. The van der Waals surface area contributed by atoms with Crippen LogP contribution in [0, 0.1) is 0 Å². The van der Waals surface area contributed by atoms with E-state index in [1.165, 1.54) is 7.05 Å². The number of urea groups is 1. The van der Waals surface area contributed by atoms with E-state index in [2.05, 4.69) is 5.32 Å². The Bertz CT molecular complexity index is 330. The van der Waals surface area contributed by atoms with E-state index < -0.39 is 6.03 Å². The predicted octanol–water partition coefficient (Wildman–Crippen LogP) is 1.94. The van der Waals surface area contributed by atoms with Crippen molar-refractivity contribution in [3.05, 3.63) is 24.3 Å². The van der Waals surface area contributed by atoms with Crippen molar-refractivity contribution in [2.75, 3.05) is 18.4 Å². The monoisotopic (exact) mass is 212 g/mol. The highest BCUT2D eigenvalue weighted by Crippen LogP contribution is 2.21. The van der Waals surface area contributed by atoms with Crippen molar-refractivity contribution in [3.63, 3.8) is 0 Å². The third-order valence-corrected chi connectivity index (χ3v) is 2.43. The maximum atomic E-state index is 11.1. The van der Waals surface area contributed by atoms with E-state index in [9.17, 15) is 10.0 Å². The molecule has 0 fully saturated rings. The second-order valence-corrected chi connectivity index (χ2v) is 3.45. The number of hydrogen-bond acceptors (Lipinski definition) is 3. The first-order chi connectivity index (χ1) is 6.69. The quantitative estimate of drug-likeness (QED) is 0.447. The van der Waals surface area contributed by atoms with Gasteiger partial charge in [-0.2, -0.15) is 5.06 Å². The fraction of sp³-hybridized carbons (Fsp3) is 0.222.